The third kappa shape index (κ3) is 6.41. The summed E-state index contributed by atoms with van der Waals surface area (Å²) >= 11 is 0. The number of ether oxygens (including phenoxy) is 1. The number of rotatable bonds is 7. The Morgan fingerprint density at radius 2 is 2.10 bits per heavy atom. The first-order valence-electron chi connectivity index (χ1n) is 7.08. The van der Waals surface area contributed by atoms with E-state index < -0.39 is 0 Å². The predicted molar refractivity (Wildman–Crippen MR) is 80.8 cm³/mol. The van der Waals surface area contributed by atoms with Crippen LogP contribution in [0.1, 0.15) is 50.4 Å². The fourth-order valence-electron chi connectivity index (χ4n) is 1.87. The van der Waals surface area contributed by atoms with Crippen LogP contribution in [-0.4, -0.2) is 17.7 Å². The number of phenols is 1. The van der Waals surface area contributed by atoms with Gasteiger partial charge in [-0.15, -0.1) is 0 Å². The van der Waals surface area contributed by atoms with E-state index >= 15 is 0 Å². The van der Waals surface area contributed by atoms with Crippen molar-refractivity contribution in [3.8, 4) is 5.75 Å². The van der Waals surface area contributed by atoms with Crippen molar-refractivity contribution < 1.29 is 14.6 Å². The van der Waals surface area contributed by atoms with Gasteiger partial charge in [-0.1, -0.05) is 24.6 Å². The molecule has 0 amide bonds. The minimum Gasteiger partial charge on any atom is -0.508 e. The van der Waals surface area contributed by atoms with Crippen LogP contribution in [0.3, 0.4) is 0 Å². The molecule has 0 aliphatic heterocycles. The van der Waals surface area contributed by atoms with Crippen LogP contribution in [0.4, 0.5) is 0 Å². The number of benzene rings is 1. The van der Waals surface area contributed by atoms with Crippen molar-refractivity contribution in [3.63, 3.8) is 0 Å². The number of hydrogen-bond donors (Lipinski definition) is 1. The van der Waals surface area contributed by atoms with Crippen LogP contribution in [-0.2, 0) is 4.74 Å². The van der Waals surface area contributed by atoms with E-state index in [9.17, 15) is 9.90 Å². The molecule has 0 spiro atoms. The lowest BCUT2D eigenvalue weighted by atomic mass is 10.0. The number of esters is 1. The van der Waals surface area contributed by atoms with E-state index in [1.54, 1.807) is 12.1 Å². The van der Waals surface area contributed by atoms with Crippen LogP contribution < -0.4 is 0 Å². The maximum absolute atomic E-state index is 11.7. The quantitative estimate of drug-likeness (QED) is 0.596. The van der Waals surface area contributed by atoms with Gasteiger partial charge in [0.2, 0.25) is 0 Å². The average Bonchev–Trinajstić information content (AvgIpc) is 2.38. The molecule has 0 saturated heterocycles. The molecule has 110 valence electrons. The van der Waals surface area contributed by atoms with Crippen molar-refractivity contribution in [3.05, 3.63) is 41.5 Å². The van der Waals surface area contributed by atoms with Gasteiger partial charge >= 0.3 is 5.97 Å². The molecule has 0 bridgehead atoms. The van der Waals surface area contributed by atoms with Gasteiger partial charge in [0, 0.05) is 0 Å². The number of carbonyl (C=O) groups is 1. The average molecular weight is 276 g/mol. The first kappa shape index (κ1) is 16.3. The molecule has 3 nitrogen and oxygen atoms in total. The number of phenolic OH excluding ortho intramolecular Hbond substituents is 1. The lowest BCUT2D eigenvalue weighted by Crippen LogP contribution is -2.09. The standard InChI is InChI=1S/C17H24O3/c1-13(2)6-4-7-14(3)10-11-20-17(19)15-8-5-9-16(18)12-15/h5-6,8-9,12,14,18H,4,7,10-11H2,1-3H3. The highest BCUT2D eigenvalue weighted by atomic mass is 16.5. The van der Waals surface area contributed by atoms with Crippen LogP contribution >= 0.6 is 0 Å². The summed E-state index contributed by atoms with van der Waals surface area (Å²) in [4.78, 5) is 11.7. The van der Waals surface area contributed by atoms with Gasteiger partial charge in [-0.05, 0) is 57.2 Å². The van der Waals surface area contributed by atoms with Gasteiger partial charge < -0.3 is 9.84 Å². The Bertz CT molecular complexity index is 459. The Balaban J connectivity index is 2.26. The van der Waals surface area contributed by atoms with Gasteiger partial charge in [-0.3, -0.25) is 0 Å². The molecule has 1 rings (SSSR count). The van der Waals surface area contributed by atoms with Gasteiger partial charge in [-0.25, -0.2) is 4.79 Å². The number of carbonyl (C=O) groups excluding carboxylic acids is 1. The van der Waals surface area contributed by atoms with Gasteiger partial charge in [0.05, 0.1) is 12.2 Å². The normalized spacial score (nSPS) is 11.8. The predicted octanol–water partition coefficient (Wildman–Crippen LogP) is 4.32. The van der Waals surface area contributed by atoms with Crippen molar-refractivity contribution in [2.24, 2.45) is 5.92 Å². The molecule has 1 N–H and O–H groups in total. The molecule has 0 saturated carbocycles. The highest BCUT2D eigenvalue weighted by Crippen LogP contribution is 2.14. The Hall–Kier alpha value is -1.77. The highest BCUT2D eigenvalue weighted by Gasteiger charge is 2.08. The molecular formula is C17H24O3. The Morgan fingerprint density at radius 1 is 1.35 bits per heavy atom. The molecular weight excluding hydrogens is 252 g/mol. The van der Waals surface area contributed by atoms with Crippen LogP contribution in [0, 0.1) is 5.92 Å². The third-order valence-corrected chi connectivity index (χ3v) is 3.14. The second-order valence-electron chi connectivity index (χ2n) is 5.44. The maximum Gasteiger partial charge on any atom is 0.338 e. The van der Waals surface area contributed by atoms with E-state index in [1.165, 1.54) is 17.7 Å². The molecule has 0 aromatic heterocycles. The van der Waals surface area contributed by atoms with E-state index in [-0.39, 0.29) is 11.7 Å². The zero-order chi connectivity index (χ0) is 15.0. The molecule has 0 aliphatic carbocycles. The summed E-state index contributed by atoms with van der Waals surface area (Å²) in [6, 6.07) is 6.22. The van der Waals surface area contributed by atoms with E-state index in [0.717, 1.165) is 19.3 Å². The van der Waals surface area contributed by atoms with Crippen LogP contribution in [0.15, 0.2) is 35.9 Å². The van der Waals surface area contributed by atoms with Gasteiger partial charge in [0.1, 0.15) is 5.75 Å². The molecule has 3 heteroatoms. The number of allylic oxidation sites excluding steroid dienone is 2. The second-order valence-corrected chi connectivity index (χ2v) is 5.44. The molecule has 1 unspecified atom stereocenters. The van der Waals surface area contributed by atoms with Gasteiger partial charge in [0.25, 0.3) is 0 Å². The molecule has 1 aromatic carbocycles. The van der Waals surface area contributed by atoms with E-state index in [4.69, 9.17) is 4.74 Å². The third-order valence-electron chi connectivity index (χ3n) is 3.14. The van der Waals surface area contributed by atoms with Crippen molar-refractivity contribution >= 4 is 5.97 Å². The summed E-state index contributed by atoms with van der Waals surface area (Å²) in [5, 5.41) is 9.30. The largest absolute Gasteiger partial charge is 0.508 e. The number of hydrogen-bond acceptors (Lipinski definition) is 3. The Morgan fingerprint density at radius 3 is 2.75 bits per heavy atom. The molecule has 0 aliphatic rings. The van der Waals surface area contributed by atoms with Crippen molar-refractivity contribution in [1.82, 2.24) is 0 Å². The SMILES string of the molecule is CC(C)=CCCC(C)CCOC(=O)c1cccc(O)c1. The smallest absolute Gasteiger partial charge is 0.338 e. The topological polar surface area (TPSA) is 46.5 Å². The molecule has 20 heavy (non-hydrogen) atoms. The fourth-order valence-corrected chi connectivity index (χ4v) is 1.87. The summed E-state index contributed by atoms with van der Waals surface area (Å²) in [5.74, 6) is 0.231. The first-order chi connectivity index (χ1) is 9.49. The molecule has 0 heterocycles. The van der Waals surface area contributed by atoms with E-state index in [1.807, 2.05) is 0 Å². The van der Waals surface area contributed by atoms with E-state index in [0.29, 0.717) is 18.1 Å². The van der Waals surface area contributed by atoms with Crippen molar-refractivity contribution in [1.29, 1.82) is 0 Å². The fraction of sp³-hybridized carbons (Fsp3) is 0.471. The Kier molecular flexibility index (Phi) is 6.85. The van der Waals surface area contributed by atoms with Crippen LogP contribution in [0.5, 0.6) is 5.75 Å². The number of aromatic hydroxyl groups is 1. The van der Waals surface area contributed by atoms with Crippen LogP contribution in [0.2, 0.25) is 0 Å². The van der Waals surface area contributed by atoms with Crippen molar-refractivity contribution in [2.75, 3.05) is 6.61 Å². The summed E-state index contributed by atoms with van der Waals surface area (Å²) in [6.07, 6.45) is 5.27. The van der Waals surface area contributed by atoms with E-state index in [2.05, 4.69) is 26.8 Å². The molecule has 0 radical (unpaired) electrons. The first-order valence-corrected chi connectivity index (χ1v) is 7.08. The zero-order valence-electron chi connectivity index (χ0n) is 12.6. The summed E-state index contributed by atoms with van der Waals surface area (Å²) in [5.41, 5.74) is 1.73. The lowest BCUT2D eigenvalue weighted by Gasteiger charge is -2.10. The Labute approximate surface area is 121 Å². The van der Waals surface area contributed by atoms with Crippen LogP contribution in [0.25, 0.3) is 0 Å². The summed E-state index contributed by atoms with van der Waals surface area (Å²) in [7, 11) is 0. The minimum absolute atomic E-state index is 0.0783. The molecule has 0 fully saturated rings. The van der Waals surface area contributed by atoms with Crippen molar-refractivity contribution in [2.45, 2.75) is 40.0 Å². The molecule has 1 aromatic rings. The maximum atomic E-state index is 11.7. The monoisotopic (exact) mass is 276 g/mol. The minimum atomic E-state index is -0.377. The molecule has 1 atom stereocenters. The summed E-state index contributed by atoms with van der Waals surface area (Å²) < 4.78 is 5.22. The zero-order valence-corrected chi connectivity index (χ0v) is 12.6. The van der Waals surface area contributed by atoms with Gasteiger partial charge in [-0.2, -0.15) is 0 Å². The highest BCUT2D eigenvalue weighted by molar-refractivity contribution is 5.89. The second kappa shape index (κ2) is 8.41. The van der Waals surface area contributed by atoms with Gasteiger partial charge in [0.15, 0.2) is 0 Å². The summed E-state index contributed by atoms with van der Waals surface area (Å²) in [6.45, 7) is 6.79. The lowest BCUT2D eigenvalue weighted by molar-refractivity contribution is 0.0483.